The zero-order valence-electron chi connectivity index (χ0n) is 18.7. The molecule has 172 valence electrons. The summed E-state index contributed by atoms with van der Waals surface area (Å²) in [6.45, 7) is 9.11. The molecule has 5 rings (SSSR count). The predicted octanol–water partition coefficient (Wildman–Crippen LogP) is 3.58. The highest BCUT2D eigenvalue weighted by Crippen LogP contribution is 2.44. The van der Waals surface area contributed by atoms with Gasteiger partial charge in [0.1, 0.15) is 12.6 Å². The molecule has 0 unspecified atom stereocenters. The molecule has 10 nitrogen and oxygen atoms in total. The van der Waals surface area contributed by atoms with Crippen LogP contribution >= 0.6 is 11.8 Å². The van der Waals surface area contributed by atoms with Gasteiger partial charge in [0.05, 0.1) is 11.8 Å². The lowest BCUT2D eigenvalue weighted by atomic mass is 9.97. The van der Waals surface area contributed by atoms with E-state index in [9.17, 15) is 0 Å². The van der Waals surface area contributed by atoms with Gasteiger partial charge in [-0.3, -0.25) is 0 Å². The monoisotopic (exact) mass is 467 g/mol. The van der Waals surface area contributed by atoms with Crippen LogP contribution in [0.3, 0.4) is 0 Å². The molecule has 1 aromatic carbocycles. The van der Waals surface area contributed by atoms with Gasteiger partial charge in [-0.25, -0.2) is 19.9 Å². The molecule has 1 aliphatic rings. The molecule has 4 heterocycles. The number of nitrogen functional groups attached to an aromatic ring is 1. The Balaban J connectivity index is 1.52. The highest BCUT2D eigenvalue weighted by atomic mass is 32.2. The molecule has 0 fully saturated rings. The van der Waals surface area contributed by atoms with E-state index in [2.05, 4.69) is 45.6 Å². The van der Waals surface area contributed by atoms with Gasteiger partial charge in [0, 0.05) is 24.5 Å². The first-order valence-corrected chi connectivity index (χ1v) is 11.4. The van der Waals surface area contributed by atoms with Crippen LogP contribution in [0.1, 0.15) is 20.8 Å². The van der Waals surface area contributed by atoms with E-state index in [1.807, 2.05) is 12.1 Å². The van der Waals surface area contributed by atoms with E-state index in [4.69, 9.17) is 24.6 Å². The van der Waals surface area contributed by atoms with Crippen molar-refractivity contribution < 1.29 is 13.9 Å². The Morgan fingerprint density at radius 1 is 1.15 bits per heavy atom. The van der Waals surface area contributed by atoms with Crippen LogP contribution in [0.5, 0.6) is 11.5 Å². The van der Waals surface area contributed by atoms with E-state index < -0.39 is 0 Å². The number of hydrogen-bond donors (Lipinski definition) is 2. The Hall–Kier alpha value is -3.31. The molecule has 0 bridgehead atoms. The third-order valence-electron chi connectivity index (χ3n) is 5.03. The number of nitrogens with zero attached hydrogens (tertiary/aromatic N) is 5. The number of anilines is 1. The topological polar surface area (TPSA) is 126 Å². The van der Waals surface area contributed by atoms with Crippen LogP contribution in [-0.4, -0.2) is 44.4 Å². The van der Waals surface area contributed by atoms with Crippen molar-refractivity contribution in [2.45, 2.75) is 37.4 Å². The standard InChI is InChI=1S/C22H25N7O3S/c1-22(2,3)10-24-4-6-29-19-17(18(23)26-11-27-19)28-21(29)33-16-9-15-14(31-12-32-15)8-13(16)20-25-5-7-30-20/h5,7-9,11,24H,4,6,10,12H2,1-3H3,(H2,23,26,27). The Morgan fingerprint density at radius 2 is 1.97 bits per heavy atom. The fourth-order valence-electron chi connectivity index (χ4n) is 3.50. The summed E-state index contributed by atoms with van der Waals surface area (Å²) in [6, 6.07) is 3.80. The predicted molar refractivity (Wildman–Crippen MR) is 124 cm³/mol. The van der Waals surface area contributed by atoms with Crippen molar-refractivity contribution in [3.8, 4) is 23.0 Å². The molecule has 0 spiro atoms. The Labute approximate surface area is 194 Å². The van der Waals surface area contributed by atoms with Crippen molar-refractivity contribution in [3.63, 3.8) is 0 Å². The lowest BCUT2D eigenvalue weighted by Gasteiger charge is -2.19. The second-order valence-electron chi connectivity index (χ2n) is 8.86. The van der Waals surface area contributed by atoms with Gasteiger partial charge < -0.3 is 29.5 Å². The summed E-state index contributed by atoms with van der Waals surface area (Å²) < 4.78 is 18.8. The maximum absolute atomic E-state index is 6.11. The van der Waals surface area contributed by atoms with Gasteiger partial charge in [-0.05, 0) is 17.5 Å². The number of hydrogen-bond acceptors (Lipinski definition) is 10. The Morgan fingerprint density at radius 3 is 2.73 bits per heavy atom. The molecular formula is C22H25N7O3S. The normalized spacial score (nSPS) is 13.2. The fraction of sp³-hybridized carbons (Fsp3) is 0.364. The quantitative estimate of drug-likeness (QED) is 0.389. The molecule has 33 heavy (non-hydrogen) atoms. The molecule has 3 N–H and O–H groups in total. The molecule has 0 radical (unpaired) electrons. The zero-order chi connectivity index (χ0) is 23.0. The highest BCUT2D eigenvalue weighted by molar-refractivity contribution is 7.99. The van der Waals surface area contributed by atoms with Crippen molar-refractivity contribution in [1.29, 1.82) is 0 Å². The minimum Gasteiger partial charge on any atom is -0.454 e. The summed E-state index contributed by atoms with van der Waals surface area (Å²) in [7, 11) is 0. The Kier molecular flexibility index (Phi) is 5.59. The molecule has 0 saturated carbocycles. The Bertz CT molecular complexity index is 1280. The number of rotatable bonds is 7. The van der Waals surface area contributed by atoms with Crippen LogP contribution in [0.15, 0.2) is 45.4 Å². The van der Waals surface area contributed by atoms with E-state index in [1.54, 1.807) is 12.5 Å². The molecule has 0 atom stereocenters. The third kappa shape index (κ3) is 4.46. The minimum absolute atomic E-state index is 0.179. The molecule has 0 aliphatic carbocycles. The van der Waals surface area contributed by atoms with Crippen LogP contribution in [0.4, 0.5) is 5.82 Å². The van der Waals surface area contributed by atoms with Gasteiger partial charge in [0.2, 0.25) is 12.7 Å². The lowest BCUT2D eigenvalue weighted by Crippen LogP contribution is -2.29. The number of nitrogens with one attached hydrogen (secondary N) is 1. The highest BCUT2D eigenvalue weighted by Gasteiger charge is 2.23. The number of oxazole rings is 1. The van der Waals surface area contributed by atoms with E-state index in [1.165, 1.54) is 18.1 Å². The van der Waals surface area contributed by atoms with Crippen molar-refractivity contribution in [2.24, 2.45) is 5.41 Å². The summed E-state index contributed by atoms with van der Waals surface area (Å²) >= 11 is 1.47. The number of ether oxygens (including phenoxy) is 2. The van der Waals surface area contributed by atoms with E-state index >= 15 is 0 Å². The van der Waals surface area contributed by atoms with Gasteiger partial charge >= 0.3 is 0 Å². The van der Waals surface area contributed by atoms with Crippen LogP contribution < -0.4 is 20.5 Å². The van der Waals surface area contributed by atoms with Gasteiger partial charge in [0.15, 0.2) is 33.6 Å². The number of benzene rings is 1. The second-order valence-corrected chi connectivity index (χ2v) is 9.86. The first-order chi connectivity index (χ1) is 15.9. The number of imidazole rings is 1. The summed E-state index contributed by atoms with van der Waals surface area (Å²) in [5.41, 5.74) is 8.37. The SMILES string of the molecule is CC(C)(C)CNCCn1c(Sc2cc3c(cc2-c2ncco2)OCO3)nc2c(N)ncnc21. The summed E-state index contributed by atoms with van der Waals surface area (Å²) in [5.74, 6) is 2.16. The zero-order valence-corrected chi connectivity index (χ0v) is 19.5. The van der Waals surface area contributed by atoms with Crippen LogP contribution in [0, 0.1) is 5.41 Å². The van der Waals surface area contributed by atoms with Crippen molar-refractivity contribution in [3.05, 3.63) is 30.9 Å². The average molecular weight is 468 g/mol. The van der Waals surface area contributed by atoms with E-state index in [0.717, 1.165) is 28.7 Å². The maximum atomic E-state index is 6.11. The molecule has 3 aromatic heterocycles. The van der Waals surface area contributed by atoms with Crippen molar-refractivity contribution >= 4 is 28.7 Å². The number of aromatic nitrogens is 5. The van der Waals surface area contributed by atoms with Crippen LogP contribution in [0.2, 0.25) is 0 Å². The number of fused-ring (bicyclic) bond motifs is 2. The average Bonchev–Trinajstić information content (AvgIpc) is 3.51. The summed E-state index contributed by atoms with van der Waals surface area (Å²) in [5, 5.41) is 4.25. The molecular weight excluding hydrogens is 442 g/mol. The van der Waals surface area contributed by atoms with Crippen molar-refractivity contribution in [1.82, 2.24) is 29.8 Å². The molecule has 1 aliphatic heterocycles. The largest absolute Gasteiger partial charge is 0.454 e. The summed E-state index contributed by atoms with van der Waals surface area (Å²) in [6.07, 6.45) is 4.62. The molecule has 0 saturated heterocycles. The van der Waals surface area contributed by atoms with Crippen molar-refractivity contribution in [2.75, 3.05) is 25.6 Å². The summed E-state index contributed by atoms with van der Waals surface area (Å²) in [4.78, 5) is 18.5. The molecule has 0 amide bonds. The van der Waals surface area contributed by atoms with Gasteiger partial charge in [-0.15, -0.1) is 0 Å². The first kappa shape index (κ1) is 21.5. The maximum Gasteiger partial charge on any atom is 0.231 e. The molecule has 4 aromatic rings. The van der Waals surface area contributed by atoms with E-state index in [0.29, 0.717) is 40.9 Å². The van der Waals surface area contributed by atoms with Gasteiger partial charge in [0.25, 0.3) is 0 Å². The van der Waals surface area contributed by atoms with Gasteiger partial charge in [-0.1, -0.05) is 32.5 Å². The van der Waals surface area contributed by atoms with Crippen LogP contribution in [-0.2, 0) is 6.54 Å². The van der Waals surface area contributed by atoms with Gasteiger partial charge in [-0.2, -0.15) is 0 Å². The molecule has 11 heteroatoms. The van der Waals surface area contributed by atoms with Crippen LogP contribution in [0.25, 0.3) is 22.6 Å². The number of nitrogens with two attached hydrogens (primary N) is 1. The van der Waals surface area contributed by atoms with E-state index in [-0.39, 0.29) is 12.2 Å². The third-order valence-corrected chi connectivity index (χ3v) is 6.08. The second kappa shape index (κ2) is 8.56. The fourth-order valence-corrected chi connectivity index (χ4v) is 4.54. The lowest BCUT2D eigenvalue weighted by molar-refractivity contribution is 0.174. The smallest absolute Gasteiger partial charge is 0.231 e. The first-order valence-electron chi connectivity index (χ1n) is 10.6. The minimum atomic E-state index is 0.179.